The molecule has 0 fully saturated rings. The molecular weight excluding hydrogens is 296 g/mol. The molecule has 0 aliphatic carbocycles. The Morgan fingerprint density at radius 1 is 1.30 bits per heavy atom. The van der Waals surface area contributed by atoms with Gasteiger partial charge < -0.3 is 10.4 Å². The minimum absolute atomic E-state index is 0.161. The lowest BCUT2D eigenvalue weighted by Crippen LogP contribution is -2.25. The molecule has 2 rings (SSSR count). The summed E-state index contributed by atoms with van der Waals surface area (Å²) in [5, 5.41) is 12.3. The third kappa shape index (κ3) is 3.05. The van der Waals surface area contributed by atoms with Crippen molar-refractivity contribution in [2.24, 2.45) is 0 Å². The van der Waals surface area contributed by atoms with E-state index >= 15 is 0 Å². The zero-order valence-corrected chi connectivity index (χ0v) is 12.9. The zero-order valence-electron chi connectivity index (χ0n) is 11.3. The van der Waals surface area contributed by atoms with Crippen LogP contribution in [0.5, 0.6) is 0 Å². The Labute approximate surface area is 124 Å². The fourth-order valence-electron chi connectivity index (χ4n) is 1.60. The number of carbonyl (C=O) groups is 2. The number of nitrogens with zero attached hydrogens (tertiary/aromatic N) is 1. The maximum absolute atomic E-state index is 12.1. The first-order chi connectivity index (χ1) is 9.38. The Morgan fingerprint density at radius 3 is 2.50 bits per heavy atom. The van der Waals surface area contributed by atoms with Gasteiger partial charge in [0, 0.05) is 4.88 Å². The van der Waals surface area contributed by atoms with Crippen molar-refractivity contribution in [2.75, 3.05) is 0 Å². The van der Waals surface area contributed by atoms with Gasteiger partial charge in [-0.2, -0.15) is 0 Å². The smallest absolute Gasteiger partial charge is 0.347 e. The molecule has 2 heterocycles. The van der Waals surface area contributed by atoms with E-state index in [9.17, 15) is 9.59 Å². The highest BCUT2D eigenvalue weighted by Crippen LogP contribution is 2.23. The number of amides is 1. The van der Waals surface area contributed by atoms with Crippen molar-refractivity contribution in [1.82, 2.24) is 10.3 Å². The fourth-order valence-corrected chi connectivity index (χ4v) is 3.30. The molecule has 1 amide bonds. The second kappa shape index (κ2) is 5.72. The molecule has 0 saturated carbocycles. The van der Waals surface area contributed by atoms with Gasteiger partial charge in [-0.25, -0.2) is 9.78 Å². The van der Waals surface area contributed by atoms with Gasteiger partial charge in [-0.15, -0.1) is 22.7 Å². The minimum Gasteiger partial charge on any atom is -0.477 e. The van der Waals surface area contributed by atoms with E-state index in [0.29, 0.717) is 9.88 Å². The normalized spacial score (nSPS) is 12.2. The van der Waals surface area contributed by atoms with E-state index in [2.05, 4.69) is 10.3 Å². The lowest BCUT2D eigenvalue weighted by atomic mass is 10.2. The molecule has 0 aliphatic rings. The van der Waals surface area contributed by atoms with Crippen molar-refractivity contribution in [3.05, 3.63) is 37.5 Å². The molecule has 106 valence electrons. The maximum Gasteiger partial charge on any atom is 0.347 e. The zero-order chi connectivity index (χ0) is 14.9. The molecule has 1 atom stereocenters. The number of thiophene rings is 1. The molecule has 0 saturated heterocycles. The van der Waals surface area contributed by atoms with Gasteiger partial charge in [0.15, 0.2) is 0 Å². The van der Waals surface area contributed by atoms with Gasteiger partial charge in [-0.05, 0) is 32.4 Å². The topological polar surface area (TPSA) is 79.3 Å². The van der Waals surface area contributed by atoms with E-state index in [4.69, 9.17) is 5.11 Å². The van der Waals surface area contributed by atoms with Gasteiger partial charge in [0.1, 0.15) is 9.88 Å². The number of nitrogens with one attached hydrogen (secondary N) is 1. The molecule has 1 unspecified atom stereocenters. The number of aromatic carboxylic acids is 1. The van der Waals surface area contributed by atoms with E-state index in [1.807, 2.05) is 19.9 Å². The summed E-state index contributed by atoms with van der Waals surface area (Å²) in [5.41, 5.74) is 1.09. The predicted molar refractivity (Wildman–Crippen MR) is 78.7 cm³/mol. The molecule has 0 bridgehead atoms. The van der Waals surface area contributed by atoms with Crippen LogP contribution < -0.4 is 5.32 Å². The number of aromatic nitrogens is 1. The summed E-state index contributed by atoms with van der Waals surface area (Å²) in [6.45, 7) is 5.72. The van der Waals surface area contributed by atoms with Crippen LogP contribution in [0.25, 0.3) is 0 Å². The van der Waals surface area contributed by atoms with Crippen LogP contribution >= 0.6 is 22.7 Å². The highest BCUT2D eigenvalue weighted by molar-refractivity contribution is 7.14. The van der Waals surface area contributed by atoms with Crippen molar-refractivity contribution < 1.29 is 14.7 Å². The van der Waals surface area contributed by atoms with Gasteiger partial charge in [0.05, 0.1) is 17.1 Å². The van der Waals surface area contributed by atoms with Gasteiger partial charge in [0.2, 0.25) is 0 Å². The second-order valence-electron chi connectivity index (χ2n) is 4.41. The van der Waals surface area contributed by atoms with E-state index in [-0.39, 0.29) is 16.8 Å². The molecule has 0 aliphatic heterocycles. The third-order valence-electron chi connectivity index (χ3n) is 2.84. The van der Waals surface area contributed by atoms with Crippen LogP contribution in [0, 0.1) is 13.8 Å². The Balaban J connectivity index is 2.08. The molecule has 2 aromatic heterocycles. The van der Waals surface area contributed by atoms with Crippen LogP contribution in [0.4, 0.5) is 0 Å². The van der Waals surface area contributed by atoms with Crippen LogP contribution in [0.15, 0.2) is 12.3 Å². The number of carbonyl (C=O) groups excluding carboxylic acids is 1. The van der Waals surface area contributed by atoms with Crippen LogP contribution in [-0.4, -0.2) is 22.0 Å². The van der Waals surface area contributed by atoms with E-state index in [1.54, 1.807) is 6.92 Å². The van der Waals surface area contributed by atoms with Crippen LogP contribution in [0.2, 0.25) is 0 Å². The number of rotatable bonds is 4. The summed E-state index contributed by atoms with van der Waals surface area (Å²) >= 11 is 2.52. The number of thiazole rings is 1. The Hall–Kier alpha value is -1.73. The summed E-state index contributed by atoms with van der Waals surface area (Å²) in [4.78, 5) is 28.9. The summed E-state index contributed by atoms with van der Waals surface area (Å²) in [7, 11) is 0. The van der Waals surface area contributed by atoms with Crippen molar-refractivity contribution in [1.29, 1.82) is 0 Å². The SMILES string of the molecule is Cc1cc(C(=O)NC(C)c2ncc(C(=O)O)s2)sc1C. The predicted octanol–water partition coefficient (Wildman–Crippen LogP) is 3.01. The highest BCUT2D eigenvalue weighted by atomic mass is 32.1. The lowest BCUT2D eigenvalue weighted by Gasteiger charge is -2.09. The molecule has 2 N–H and O–H groups in total. The molecular formula is C13H14N2O3S2. The molecule has 0 radical (unpaired) electrons. The Morgan fingerprint density at radius 2 is 2.00 bits per heavy atom. The monoisotopic (exact) mass is 310 g/mol. The molecule has 7 heteroatoms. The van der Waals surface area contributed by atoms with E-state index in [0.717, 1.165) is 21.8 Å². The van der Waals surface area contributed by atoms with Gasteiger partial charge in [-0.1, -0.05) is 0 Å². The Kier molecular flexibility index (Phi) is 4.20. The van der Waals surface area contributed by atoms with Crippen molar-refractivity contribution in [2.45, 2.75) is 26.8 Å². The van der Waals surface area contributed by atoms with Crippen LogP contribution in [0.1, 0.15) is 47.8 Å². The van der Waals surface area contributed by atoms with Gasteiger partial charge >= 0.3 is 5.97 Å². The molecule has 2 aromatic rings. The minimum atomic E-state index is -1.00. The average Bonchev–Trinajstić information content (AvgIpc) is 2.97. The summed E-state index contributed by atoms with van der Waals surface area (Å²) in [5.74, 6) is -1.16. The average molecular weight is 310 g/mol. The van der Waals surface area contributed by atoms with Crippen molar-refractivity contribution >= 4 is 34.6 Å². The van der Waals surface area contributed by atoms with Crippen LogP contribution in [0.3, 0.4) is 0 Å². The number of carboxylic acid groups (broad SMARTS) is 1. The summed E-state index contributed by atoms with van der Waals surface area (Å²) < 4.78 is 0. The quantitative estimate of drug-likeness (QED) is 0.910. The maximum atomic E-state index is 12.1. The lowest BCUT2D eigenvalue weighted by molar-refractivity contribution is 0.0701. The molecule has 0 aromatic carbocycles. The summed E-state index contributed by atoms with van der Waals surface area (Å²) in [6.07, 6.45) is 1.31. The standard InChI is InChI=1S/C13H14N2O3S2/c1-6-4-9(19-8(6)3)11(16)15-7(2)12-14-5-10(20-12)13(17)18/h4-5,7H,1-3H3,(H,15,16)(H,17,18). The molecule has 5 nitrogen and oxygen atoms in total. The highest BCUT2D eigenvalue weighted by Gasteiger charge is 2.18. The van der Waals surface area contributed by atoms with Crippen LogP contribution in [-0.2, 0) is 0 Å². The largest absolute Gasteiger partial charge is 0.477 e. The molecule has 20 heavy (non-hydrogen) atoms. The van der Waals surface area contributed by atoms with Gasteiger partial charge in [0.25, 0.3) is 5.91 Å². The van der Waals surface area contributed by atoms with Gasteiger partial charge in [-0.3, -0.25) is 4.79 Å². The number of aryl methyl sites for hydroxylation is 2. The first-order valence-electron chi connectivity index (χ1n) is 5.95. The number of hydrogen-bond acceptors (Lipinski definition) is 5. The summed E-state index contributed by atoms with van der Waals surface area (Å²) in [6, 6.07) is 1.54. The fraction of sp³-hybridized carbons (Fsp3) is 0.308. The molecule has 0 spiro atoms. The van der Waals surface area contributed by atoms with E-state index in [1.165, 1.54) is 17.5 Å². The number of hydrogen-bond donors (Lipinski definition) is 2. The first kappa shape index (κ1) is 14.7. The van der Waals surface area contributed by atoms with Crippen molar-refractivity contribution in [3.63, 3.8) is 0 Å². The number of carboxylic acids is 1. The van der Waals surface area contributed by atoms with E-state index < -0.39 is 5.97 Å². The second-order valence-corrected chi connectivity index (χ2v) is 6.73. The third-order valence-corrected chi connectivity index (χ3v) is 5.16. The van der Waals surface area contributed by atoms with Crippen molar-refractivity contribution in [3.8, 4) is 0 Å². The Bertz CT molecular complexity index is 641. The first-order valence-corrected chi connectivity index (χ1v) is 7.58.